The minimum Gasteiger partial charge on any atom is -0.321 e. The number of aromatic nitrogens is 2. The van der Waals surface area contributed by atoms with Gasteiger partial charge in [0.1, 0.15) is 0 Å². The van der Waals surface area contributed by atoms with Crippen LogP contribution in [0, 0.1) is 0 Å². The third kappa shape index (κ3) is 2.44. The summed E-state index contributed by atoms with van der Waals surface area (Å²) in [7, 11) is 0. The molecule has 0 atom stereocenters. The Labute approximate surface area is 146 Å². The Bertz CT molecular complexity index is 966. The fourth-order valence-corrected chi connectivity index (χ4v) is 4.34. The fraction of sp³-hybridized carbons (Fsp3) is 0.333. The molecule has 2 heterocycles. The van der Waals surface area contributed by atoms with Crippen LogP contribution in [0.1, 0.15) is 59.6 Å². The van der Waals surface area contributed by atoms with Crippen LogP contribution in [0.15, 0.2) is 42.7 Å². The minimum atomic E-state index is 0.00266. The highest BCUT2D eigenvalue weighted by Gasteiger charge is 2.22. The molecule has 4 nitrogen and oxygen atoms in total. The van der Waals surface area contributed by atoms with E-state index >= 15 is 0 Å². The standard InChI is InChI=1S/C21H21N3O/c25-21-18-8-4-7-17-15(9-10-19(23-21)20(17)18)11-14-12-22-24(13-14)16-5-2-1-3-6-16/h4,7-10,12-13,16H,1-3,5-6,11H2,(H,23,25). The molecule has 1 aromatic heterocycles. The maximum absolute atomic E-state index is 12.1. The van der Waals surface area contributed by atoms with Gasteiger partial charge >= 0.3 is 0 Å². The van der Waals surface area contributed by atoms with Crippen molar-refractivity contribution in [3.05, 3.63) is 59.4 Å². The molecule has 1 saturated carbocycles. The Morgan fingerprint density at radius 2 is 2.00 bits per heavy atom. The number of benzene rings is 2. The van der Waals surface area contributed by atoms with Crippen molar-refractivity contribution >= 4 is 22.4 Å². The van der Waals surface area contributed by atoms with Crippen molar-refractivity contribution in [1.29, 1.82) is 0 Å². The van der Waals surface area contributed by atoms with Crippen LogP contribution in [-0.4, -0.2) is 15.7 Å². The first-order valence-corrected chi connectivity index (χ1v) is 9.18. The Morgan fingerprint density at radius 3 is 2.88 bits per heavy atom. The van der Waals surface area contributed by atoms with E-state index in [1.54, 1.807) is 0 Å². The number of carbonyl (C=O) groups excluding carboxylic acids is 1. The first-order chi connectivity index (χ1) is 12.3. The van der Waals surface area contributed by atoms with Gasteiger partial charge < -0.3 is 5.32 Å². The van der Waals surface area contributed by atoms with Gasteiger partial charge in [0.05, 0.1) is 12.2 Å². The lowest BCUT2D eigenvalue weighted by molar-refractivity contribution is 0.103. The molecule has 1 fully saturated rings. The number of anilines is 1. The summed E-state index contributed by atoms with van der Waals surface area (Å²) in [5.74, 6) is 0.00266. The number of hydrogen-bond donors (Lipinski definition) is 1. The van der Waals surface area contributed by atoms with Gasteiger partial charge in [0.15, 0.2) is 0 Å². The van der Waals surface area contributed by atoms with Crippen LogP contribution in [0.2, 0.25) is 0 Å². The summed E-state index contributed by atoms with van der Waals surface area (Å²) in [6.07, 6.45) is 11.5. The predicted molar refractivity (Wildman–Crippen MR) is 99.1 cm³/mol. The van der Waals surface area contributed by atoms with E-state index < -0.39 is 0 Å². The van der Waals surface area contributed by atoms with Gasteiger partial charge in [-0.3, -0.25) is 9.48 Å². The van der Waals surface area contributed by atoms with E-state index in [2.05, 4.69) is 33.4 Å². The van der Waals surface area contributed by atoms with Gasteiger partial charge in [-0.15, -0.1) is 0 Å². The molecule has 1 N–H and O–H groups in total. The average Bonchev–Trinajstić information content (AvgIpc) is 3.24. The zero-order valence-corrected chi connectivity index (χ0v) is 14.2. The molecule has 126 valence electrons. The number of nitrogens with one attached hydrogen (secondary N) is 1. The summed E-state index contributed by atoms with van der Waals surface area (Å²) < 4.78 is 2.17. The molecule has 0 saturated heterocycles. The van der Waals surface area contributed by atoms with Crippen molar-refractivity contribution in [1.82, 2.24) is 9.78 Å². The maximum Gasteiger partial charge on any atom is 0.256 e. The second kappa shape index (κ2) is 5.73. The Hall–Kier alpha value is -2.62. The Balaban J connectivity index is 1.48. The van der Waals surface area contributed by atoms with Gasteiger partial charge in [-0.25, -0.2) is 0 Å². The van der Waals surface area contributed by atoms with E-state index in [0.29, 0.717) is 6.04 Å². The summed E-state index contributed by atoms with van der Waals surface area (Å²) in [6, 6.07) is 10.7. The number of nitrogens with zero attached hydrogens (tertiary/aromatic N) is 2. The summed E-state index contributed by atoms with van der Waals surface area (Å²) in [5.41, 5.74) is 4.20. The number of rotatable bonds is 3. The SMILES string of the molecule is O=C1Nc2ccc(Cc3cnn(C4CCCCC4)c3)c3cccc1c23. The van der Waals surface area contributed by atoms with Crippen molar-refractivity contribution in [2.24, 2.45) is 0 Å². The molecular weight excluding hydrogens is 310 g/mol. The van der Waals surface area contributed by atoms with Gasteiger partial charge in [0.2, 0.25) is 0 Å². The van der Waals surface area contributed by atoms with E-state index in [9.17, 15) is 4.79 Å². The maximum atomic E-state index is 12.1. The lowest BCUT2D eigenvalue weighted by atomic mass is 9.95. The number of amides is 1. The van der Waals surface area contributed by atoms with Crippen LogP contribution in [0.4, 0.5) is 5.69 Å². The second-order valence-corrected chi connectivity index (χ2v) is 7.25. The first kappa shape index (κ1) is 14.7. The zero-order chi connectivity index (χ0) is 16.8. The molecule has 1 aliphatic carbocycles. The van der Waals surface area contributed by atoms with Crippen molar-refractivity contribution in [3.8, 4) is 0 Å². The Kier molecular flexibility index (Phi) is 3.37. The van der Waals surface area contributed by atoms with E-state index in [1.807, 2.05) is 24.4 Å². The van der Waals surface area contributed by atoms with E-state index in [1.165, 1.54) is 48.6 Å². The van der Waals surface area contributed by atoms with Crippen molar-refractivity contribution in [3.63, 3.8) is 0 Å². The summed E-state index contributed by atoms with van der Waals surface area (Å²) >= 11 is 0. The summed E-state index contributed by atoms with van der Waals surface area (Å²) in [5, 5.41) is 9.80. The van der Waals surface area contributed by atoms with Crippen molar-refractivity contribution < 1.29 is 4.79 Å². The minimum absolute atomic E-state index is 0.00266. The molecule has 0 bridgehead atoms. The molecule has 1 amide bonds. The molecule has 0 unspecified atom stereocenters. The van der Waals surface area contributed by atoms with Gasteiger partial charge in [-0.05, 0) is 41.5 Å². The second-order valence-electron chi connectivity index (χ2n) is 7.25. The average molecular weight is 331 g/mol. The first-order valence-electron chi connectivity index (χ1n) is 9.18. The third-order valence-corrected chi connectivity index (χ3v) is 5.62. The summed E-state index contributed by atoms with van der Waals surface area (Å²) in [6.45, 7) is 0. The molecular formula is C21H21N3O. The van der Waals surface area contributed by atoms with Crippen LogP contribution in [0.25, 0.3) is 10.8 Å². The fourth-order valence-electron chi connectivity index (χ4n) is 4.34. The molecule has 3 aromatic rings. The largest absolute Gasteiger partial charge is 0.321 e. The monoisotopic (exact) mass is 331 g/mol. The molecule has 2 aliphatic rings. The molecule has 0 radical (unpaired) electrons. The lowest BCUT2D eigenvalue weighted by Crippen LogP contribution is -2.12. The van der Waals surface area contributed by atoms with Crippen LogP contribution < -0.4 is 5.32 Å². The van der Waals surface area contributed by atoms with Crippen molar-refractivity contribution in [2.45, 2.75) is 44.6 Å². The topological polar surface area (TPSA) is 46.9 Å². The highest BCUT2D eigenvalue weighted by Crippen LogP contribution is 2.35. The van der Waals surface area contributed by atoms with Gasteiger partial charge in [-0.2, -0.15) is 5.10 Å². The molecule has 4 heteroatoms. The van der Waals surface area contributed by atoms with Gasteiger partial charge in [0.25, 0.3) is 5.91 Å². The number of carbonyl (C=O) groups is 1. The molecule has 0 spiro atoms. The van der Waals surface area contributed by atoms with Crippen molar-refractivity contribution in [2.75, 3.05) is 5.32 Å². The van der Waals surface area contributed by atoms with E-state index in [-0.39, 0.29) is 5.91 Å². The van der Waals surface area contributed by atoms with Gasteiger partial charge in [-0.1, -0.05) is 37.5 Å². The van der Waals surface area contributed by atoms with Gasteiger partial charge in [0, 0.05) is 29.3 Å². The smallest absolute Gasteiger partial charge is 0.256 e. The van der Waals surface area contributed by atoms with Crippen LogP contribution in [-0.2, 0) is 6.42 Å². The summed E-state index contributed by atoms with van der Waals surface area (Å²) in [4.78, 5) is 12.1. The normalized spacial score (nSPS) is 17.2. The van der Waals surface area contributed by atoms with Crippen LogP contribution >= 0.6 is 0 Å². The lowest BCUT2D eigenvalue weighted by Gasteiger charge is -2.21. The Morgan fingerprint density at radius 1 is 1.12 bits per heavy atom. The molecule has 1 aliphatic heterocycles. The predicted octanol–water partition coefficient (Wildman–Crippen LogP) is 4.70. The highest BCUT2D eigenvalue weighted by atomic mass is 16.1. The highest BCUT2D eigenvalue weighted by molar-refractivity contribution is 6.24. The molecule has 25 heavy (non-hydrogen) atoms. The number of hydrogen-bond acceptors (Lipinski definition) is 2. The van der Waals surface area contributed by atoms with E-state index in [4.69, 9.17) is 0 Å². The van der Waals surface area contributed by atoms with Crippen LogP contribution in [0.3, 0.4) is 0 Å². The third-order valence-electron chi connectivity index (χ3n) is 5.62. The molecule has 5 rings (SSSR count). The zero-order valence-electron chi connectivity index (χ0n) is 14.2. The van der Waals surface area contributed by atoms with E-state index in [0.717, 1.165) is 23.1 Å². The van der Waals surface area contributed by atoms with Crippen LogP contribution in [0.5, 0.6) is 0 Å². The molecule has 2 aromatic carbocycles. The quantitative estimate of drug-likeness (QED) is 0.756.